The third kappa shape index (κ3) is 3.43. The Balaban J connectivity index is 1.70. The van der Waals surface area contributed by atoms with Crippen LogP contribution in [0.1, 0.15) is 0 Å². The molecule has 0 radical (unpaired) electrons. The maximum Gasteiger partial charge on any atom is 0.272 e. The third-order valence-electron chi connectivity index (χ3n) is 4.21. The number of rotatable bonds is 3. The molecule has 1 aliphatic rings. The van der Waals surface area contributed by atoms with Crippen molar-refractivity contribution < 1.29 is 9.59 Å². The molecule has 0 fully saturated rings. The summed E-state index contributed by atoms with van der Waals surface area (Å²) in [5, 5.41) is 5.83. The SMILES string of the molecule is O=C1Nc2ccccc2N/C1=C/C(=O)N(c1ccccc1)c1ccccc1. The number of hydrogen-bond donors (Lipinski definition) is 2. The smallest absolute Gasteiger partial charge is 0.272 e. The molecular weight excluding hydrogens is 338 g/mol. The lowest BCUT2D eigenvalue weighted by molar-refractivity contribution is -0.115. The van der Waals surface area contributed by atoms with E-state index in [1.54, 1.807) is 11.0 Å². The van der Waals surface area contributed by atoms with Crippen LogP contribution in [0.25, 0.3) is 0 Å². The largest absolute Gasteiger partial charge is 0.349 e. The summed E-state index contributed by atoms with van der Waals surface area (Å²) in [5.74, 6) is -0.660. The van der Waals surface area contributed by atoms with E-state index in [1.807, 2.05) is 78.9 Å². The average molecular weight is 355 g/mol. The fourth-order valence-corrected chi connectivity index (χ4v) is 2.94. The minimum atomic E-state index is -0.344. The van der Waals surface area contributed by atoms with Crippen LogP contribution in [0.5, 0.6) is 0 Å². The first-order valence-corrected chi connectivity index (χ1v) is 8.56. The van der Waals surface area contributed by atoms with Crippen LogP contribution in [-0.4, -0.2) is 11.8 Å². The molecule has 0 aromatic heterocycles. The van der Waals surface area contributed by atoms with E-state index in [0.29, 0.717) is 5.69 Å². The van der Waals surface area contributed by atoms with Gasteiger partial charge in [-0.25, -0.2) is 0 Å². The number of nitrogens with zero attached hydrogens (tertiary/aromatic N) is 1. The molecule has 0 saturated heterocycles. The Kier molecular flexibility index (Phi) is 4.41. The highest BCUT2D eigenvalue weighted by Gasteiger charge is 2.23. The van der Waals surface area contributed by atoms with E-state index in [-0.39, 0.29) is 17.5 Å². The van der Waals surface area contributed by atoms with Gasteiger partial charge < -0.3 is 10.6 Å². The molecule has 3 aromatic rings. The normalized spacial score (nSPS) is 14.1. The Morgan fingerprint density at radius 1 is 0.704 bits per heavy atom. The highest BCUT2D eigenvalue weighted by atomic mass is 16.2. The van der Waals surface area contributed by atoms with E-state index in [2.05, 4.69) is 10.6 Å². The highest BCUT2D eigenvalue weighted by molar-refractivity contribution is 6.17. The van der Waals surface area contributed by atoms with Gasteiger partial charge in [0.15, 0.2) is 0 Å². The van der Waals surface area contributed by atoms with Crippen molar-refractivity contribution >= 4 is 34.6 Å². The lowest BCUT2D eigenvalue weighted by Crippen LogP contribution is -2.30. The molecule has 1 aliphatic heterocycles. The summed E-state index contributed by atoms with van der Waals surface area (Å²) in [4.78, 5) is 27.0. The third-order valence-corrected chi connectivity index (χ3v) is 4.21. The van der Waals surface area contributed by atoms with Crippen molar-refractivity contribution in [3.63, 3.8) is 0 Å². The zero-order chi connectivity index (χ0) is 18.6. The molecule has 0 bridgehead atoms. The zero-order valence-corrected chi connectivity index (χ0v) is 14.4. The van der Waals surface area contributed by atoms with E-state index in [4.69, 9.17) is 0 Å². The van der Waals surface area contributed by atoms with Gasteiger partial charge in [0, 0.05) is 17.5 Å². The van der Waals surface area contributed by atoms with Gasteiger partial charge in [0.2, 0.25) is 0 Å². The predicted molar refractivity (Wildman–Crippen MR) is 107 cm³/mol. The lowest BCUT2D eigenvalue weighted by Gasteiger charge is -2.24. The fourth-order valence-electron chi connectivity index (χ4n) is 2.94. The molecule has 132 valence electrons. The molecule has 27 heavy (non-hydrogen) atoms. The number of fused-ring (bicyclic) bond motifs is 1. The maximum absolute atomic E-state index is 13.1. The quantitative estimate of drug-likeness (QED) is 0.689. The molecule has 5 nitrogen and oxygen atoms in total. The van der Waals surface area contributed by atoms with Crippen LogP contribution in [0.4, 0.5) is 22.7 Å². The molecule has 2 N–H and O–H groups in total. The summed E-state index contributed by atoms with van der Waals surface area (Å²) in [5.41, 5.74) is 3.09. The van der Waals surface area contributed by atoms with Gasteiger partial charge in [-0.15, -0.1) is 0 Å². The number of nitrogens with one attached hydrogen (secondary N) is 2. The van der Waals surface area contributed by atoms with Gasteiger partial charge in [0.25, 0.3) is 11.8 Å². The Bertz CT molecular complexity index is 974. The van der Waals surface area contributed by atoms with E-state index in [1.165, 1.54) is 6.08 Å². The van der Waals surface area contributed by atoms with Gasteiger partial charge in [0.05, 0.1) is 11.4 Å². The zero-order valence-electron chi connectivity index (χ0n) is 14.4. The van der Waals surface area contributed by atoms with E-state index in [9.17, 15) is 9.59 Å². The molecule has 0 atom stereocenters. The van der Waals surface area contributed by atoms with E-state index < -0.39 is 0 Å². The Morgan fingerprint density at radius 2 is 1.19 bits per heavy atom. The average Bonchev–Trinajstić information content (AvgIpc) is 2.70. The van der Waals surface area contributed by atoms with E-state index in [0.717, 1.165) is 17.1 Å². The van der Waals surface area contributed by atoms with E-state index >= 15 is 0 Å². The van der Waals surface area contributed by atoms with Crippen molar-refractivity contribution in [2.24, 2.45) is 0 Å². The van der Waals surface area contributed by atoms with Crippen molar-refractivity contribution in [3.05, 3.63) is 96.7 Å². The summed E-state index contributed by atoms with van der Waals surface area (Å²) in [6.07, 6.45) is 1.32. The molecule has 0 aliphatic carbocycles. The summed E-state index contributed by atoms with van der Waals surface area (Å²) in [6.45, 7) is 0. The standard InChI is InChI=1S/C22H17N3O2/c26-21(15-20-22(27)24-19-14-8-7-13-18(19)23-20)25(16-9-3-1-4-10-16)17-11-5-2-6-12-17/h1-15,23H,(H,24,27)/b20-15+. The van der Waals surface area contributed by atoms with Gasteiger partial charge in [0.1, 0.15) is 5.70 Å². The number of carbonyl (C=O) groups excluding carboxylic acids is 2. The topological polar surface area (TPSA) is 61.4 Å². The molecule has 4 rings (SSSR count). The highest BCUT2D eigenvalue weighted by Crippen LogP contribution is 2.29. The van der Waals surface area contributed by atoms with Crippen molar-refractivity contribution in [1.29, 1.82) is 0 Å². The lowest BCUT2D eigenvalue weighted by atomic mass is 10.1. The Hall–Kier alpha value is -3.86. The van der Waals surface area contributed by atoms with Gasteiger partial charge >= 0.3 is 0 Å². The van der Waals surface area contributed by atoms with Crippen LogP contribution in [0.3, 0.4) is 0 Å². The van der Waals surface area contributed by atoms with Gasteiger partial charge in [-0.3, -0.25) is 14.5 Å². The minimum absolute atomic E-state index is 0.204. The first-order chi connectivity index (χ1) is 13.2. The summed E-state index contributed by atoms with van der Waals surface area (Å²) < 4.78 is 0. The van der Waals surface area contributed by atoms with Crippen LogP contribution in [0.2, 0.25) is 0 Å². The first-order valence-electron chi connectivity index (χ1n) is 8.56. The maximum atomic E-state index is 13.1. The van der Waals surface area contributed by atoms with Crippen molar-refractivity contribution in [3.8, 4) is 0 Å². The molecule has 2 amide bonds. The van der Waals surface area contributed by atoms with Crippen LogP contribution in [0.15, 0.2) is 96.7 Å². The number of anilines is 4. The minimum Gasteiger partial charge on any atom is -0.349 e. The van der Waals surface area contributed by atoms with Crippen molar-refractivity contribution in [1.82, 2.24) is 0 Å². The van der Waals surface area contributed by atoms with Gasteiger partial charge in [-0.1, -0.05) is 48.5 Å². The Labute approximate surface area is 156 Å². The molecular formula is C22H17N3O2. The number of hydrogen-bond acceptors (Lipinski definition) is 3. The van der Waals surface area contributed by atoms with Crippen molar-refractivity contribution in [2.45, 2.75) is 0 Å². The second-order valence-electron chi connectivity index (χ2n) is 6.03. The molecule has 5 heteroatoms. The predicted octanol–water partition coefficient (Wildman–Crippen LogP) is 4.30. The number of para-hydroxylation sites is 4. The second-order valence-corrected chi connectivity index (χ2v) is 6.03. The van der Waals surface area contributed by atoms with Gasteiger partial charge in [-0.05, 0) is 36.4 Å². The summed E-state index contributed by atoms with van der Waals surface area (Å²) >= 11 is 0. The fraction of sp³-hybridized carbons (Fsp3) is 0. The number of carbonyl (C=O) groups is 2. The first kappa shape index (κ1) is 16.6. The monoisotopic (exact) mass is 355 g/mol. The van der Waals surface area contributed by atoms with Crippen molar-refractivity contribution in [2.75, 3.05) is 15.5 Å². The van der Waals surface area contributed by atoms with Crippen LogP contribution in [0, 0.1) is 0 Å². The molecule has 3 aromatic carbocycles. The van der Waals surface area contributed by atoms with Crippen LogP contribution < -0.4 is 15.5 Å². The molecule has 1 heterocycles. The van der Waals surface area contributed by atoms with Gasteiger partial charge in [-0.2, -0.15) is 0 Å². The number of amides is 2. The second kappa shape index (κ2) is 7.17. The molecule has 0 unspecified atom stereocenters. The summed E-state index contributed by atoms with van der Waals surface area (Å²) in [7, 11) is 0. The van der Waals surface area contributed by atoms with Crippen LogP contribution >= 0.6 is 0 Å². The Morgan fingerprint density at radius 3 is 1.74 bits per heavy atom. The molecule has 0 spiro atoms. The number of benzene rings is 3. The molecule has 0 saturated carbocycles. The van der Waals surface area contributed by atoms with Crippen LogP contribution in [-0.2, 0) is 9.59 Å². The summed E-state index contributed by atoms with van der Waals surface area (Å²) in [6, 6.07) is 26.0.